The van der Waals surface area contributed by atoms with Crippen LogP contribution in [0.15, 0.2) is 42.5 Å². The fourth-order valence-corrected chi connectivity index (χ4v) is 4.34. The van der Waals surface area contributed by atoms with Crippen molar-refractivity contribution in [2.24, 2.45) is 0 Å². The van der Waals surface area contributed by atoms with E-state index in [9.17, 15) is 13.2 Å². The number of urea groups is 1. The third-order valence-corrected chi connectivity index (χ3v) is 6.13. The molecule has 0 saturated carbocycles. The van der Waals surface area contributed by atoms with Crippen molar-refractivity contribution >= 4 is 33.1 Å². The molecule has 0 aliphatic carbocycles. The monoisotopic (exact) mass is 359 g/mol. The van der Waals surface area contributed by atoms with Gasteiger partial charge in [0.1, 0.15) is 0 Å². The van der Waals surface area contributed by atoms with Crippen LogP contribution in [0.25, 0.3) is 0 Å². The number of nitrogens with zero attached hydrogens (tertiary/aromatic N) is 1. The van der Waals surface area contributed by atoms with Crippen molar-refractivity contribution in [3.8, 4) is 0 Å². The van der Waals surface area contributed by atoms with Gasteiger partial charge in [0.2, 0.25) is 10.0 Å². The Morgan fingerprint density at radius 2 is 1.72 bits per heavy atom. The Morgan fingerprint density at radius 3 is 2.36 bits per heavy atom. The molecule has 7 heteroatoms. The van der Waals surface area contributed by atoms with E-state index >= 15 is 0 Å². The number of benzene rings is 2. The summed E-state index contributed by atoms with van der Waals surface area (Å²) in [6.45, 7) is 4.47. The zero-order valence-electron chi connectivity index (χ0n) is 14.2. The highest BCUT2D eigenvalue weighted by atomic mass is 32.2. The fourth-order valence-electron chi connectivity index (χ4n) is 2.78. The van der Waals surface area contributed by atoms with Crippen LogP contribution < -0.4 is 14.9 Å². The normalized spacial score (nSPS) is 15.8. The Balaban J connectivity index is 1.71. The lowest BCUT2D eigenvalue weighted by molar-refractivity contribution is 0.262. The van der Waals surface area contributed by atoms with Gasteiger partial charge in [0.05, 0.1) is 11.4 Å². The largest absolute Gasteiger partial charge is 0.323 e. The maximum Gasteiger partial charge on any atom is 0.323 e. The molecule has 3 rings (SSSR count). The molecule has 0 spiro atoms. The topological polar surface area (TPSA) is 78.5 Å². The molecular formula is C18H21N3O3S. The first kappa shape index (κ1) is 17.3. The predicted molar refractivity (Wildman–Crippen MR) is 101 cm³/mol. The lowest BCUT2D eigenvalue weighted by Gasteiger charge is -2.18. The summed E-state index contributed by atoms with van der Waals surface area (Å²) < 4.78 is 25.4. The Morgan fingerprint density at radius 1 is 1.00 bits per heavy atom. The van der Waals surface area contributed by atoms with Gasteiger partial charge in [0.15, 0.2) is 0 Å². The predicted octanol–water partition coefficient (Wildman–Crippen LogP) is 3.49. The van der Waals surface area contributed by atoms with Crippen LogP contribution in [0, 0.1) is 13.8 Å². The molecule has 25 heavy (non-hydrogen) atoms. The molecule has 6 nitrogen and oxygen atoms in total. The van der Waals surface area contributed by atoms with E-state index in [0.29, 0.717) is 30.0 Å². The number of nitrogens with one attached hydrogen (secondary N) is 2. The molecule has 1 fully saturated rings. The average Bonchev–Trinajstić information content (AvgIpc) is 2.90. The summed E-state index contributed by atoms with van der Waals surface area (Å²) in [5, 5.41) is 5.53. The van der Waals surface area contributed by atoms with Gasteiger partial charge < -0.3 is 10.6 Å². The molecule has 2 N–H and O–H groups in total. The molecule has 2 aromatic rings. The van der Waals surface area contributed by atoms with Gasteiger partial charge in [-0.2, -0.15) is 0 Å². The summed E-state index contributed by atoms with van der Waals surface area (Å²) in [5.74, 6) is 0.165. The van der Waals surface area contributed by atoms with Crippen molar-refractivity contribution in [1.29, 1.82) is 0 Å². The van der Waals surface area contributed by atoms with Crippen LogP contribution >= 0.6 is 0 Å². The van der Waals surface area contributed by atoms with Gasteiger partial charge in [0, 0.05) is 17.9 Å². The molecule has 0 bridgehead atoms. The zero-order valence-corrected chi connectivity index (χ0v) is 15.1. The third-order valence-electron chi connectivity index (χ3n) is 4.26. The van der Waals surface area contributed by atoms with Crippen molar-refractivity contribution in [2.45, 2.75) is 20.3 Å². The number of carbonyl (C=O) groups is 1. The zero-order chi connectivity index (χ0) is 18.0. The number of carbonyl (C=O) groups excluding carboxylic acids is 1. The molecule has 2 aromatic carbocycles. The summed E-state index contributed by atoms with van der Waals surface area (Å²) in [5.41, 5.74) is 4.07. The minimum absolute atomic E-state index is 0.165. The number of sulfonamides is 1. The second-order valence-electron chi connectivity index (χ2n) is 6.17. The number of hydrogen-bond donors (Lipinski definition) is 2. The highest BCUT2D eigenvalue weighted by molar-refractivity contribution is 7.93. The van der Waals surface area contributed by atoms with Crippen LogP contribution in [0.3, 0.4) is 0 Å². The van der Waals surface area contributed by atoms with Gasteiger partial charge in [0.25, 0.3) is 0 Å². The fraction of sp³-hybridized carbons (Fsp3) is 0.278. The minimum Gasteiger partial charge on any atom is -0.308 e. The molecule has 132 valence electrons. The van der Waals surface area contributed by atoms with Crippen LogP contribution in [0.4, 0.5) is 21.9 Å². The van der Waals surface area contributed by atoms with E-state index in [2.05, 4.69) is 10.6 Å². The number of hydrogen-bond acceptors (Lipinski definition) is 3. The Hall–Kier alpha value is -2.54. The van der Waals surface area contributed by atoms with Gasteiger partial charge in [-0.1, -0.05) is 12.1 Å². The van der Waals surface area contributed by atoms with Crippen LogP contribution in [-0.4, -0.2) is 26.7 Å². The van der Waals surface area contributed by atoms with E-state index in [1.54, 1.807) is 24.3 Å². The van der Waals surface area contributed by atoms with Crippen molar-refractivity contribution in [2.75, 3.05) is 27.2 Å². The average molecular weight is 359 g/mol. The summed E-state index contributed by atoms with van der Waals surface area (Å²) in [7, 11) is -3.24. The molecule has 1 aliphatic rings. The molecule has 0 unspecified atom stereocenters. The van der Waals surface area contributed by atoms with E-state index in [1.165, 1.54) is 4.31 Å². The van der Waals surface area contributed by atoms with Crippen molar-refractivity contribution < 1.29 is 13.2 Å². The van der Waals surface area contributed by atoms with Gasteiger partial charge in [-0.3, -0.25) is 4.31 Å². The van der Waals surface area contributed by atoms with E-state index in [1.807, 2.05) is 32.0 Å². The molecule has 1 heterocycles. The van der Waals surface area contributed by atoms with Crippen molar-refractivity contribution in [3.05, 3.63) is 53.6 Å². The second-order valence-corrected chi connectivity index (χ2v) is 8.18. The van der Waals surface area contributed by atoms with Crippen LogP contribution in [-0.2, 0) is 10.0 Å². The molecule has 1 aliphatic heterocycles. The standard InChI is InChI=1S/C18H21N3O3S/c1-13-7-8-16(11-14(13)2)20-18(22)19-15-5-3-6-17(12-15)21-9-4-10-25(21,23)24/h3,5-8,11-12H,4,9-10H2,1-2H3,(H2,19,20,22). The highest BCUT2D eigenvalue weighted by Gasteiger charge is 2.28. The van der Waals surface area contributed by atoms with Gasteiger partial charge in [-0.15, -0.1) is 0 Å². The van der Waals surface area contributed by atoms with E-state index in [-0.39, 0.29) is 11.8 Å². The van der Waals surface area contributed by atoms with Crippen LogP contribution in [0.2, 0.25) is 0 Å². The minimum atomic E-state index is -3.24. The van der Waals surface area contributed by atoms with Gasteiger partial charge in [-0.25, -0.2) is 13.2 Å². The maximum atomic E-state index is 12.2. The summed E-state index contributed by atoms with van der Waals surface area (Å²) in [4.78, 5) is 12.2. The van der Waals surface area contributed by atoms with Gasteiger partial charge >= 0.3 is 6.03 Å². The molecule has 2 amide bonds. The number of rotatable bonds is 3. The summed E-state index contributed by atoms with van der Waals surface area (Å²) >= 11 is 0. The van der Waals surface area contributed by atoms with E-state index in [4.69, 9.17) is 0 Å². The number of anilines is 3. The molecule has 0 atom stereocenters. The molecule has 0 aromatic heterocycles. The quantitative estimate of drug-likeness (QED) is 0.880. The summed E-state index contributed by atoms with van der Waals surface area (Å²) in [6.07, 6.45) is 0.618. The smallest absolute Gasteiger partial charge is 0.308 e. The van der Waals surface area contributed by atoms with Crippen LogP contribution in [0.1, 0.15) is 17.5 Å². The molecule has 0 radical (unpaired) electrons. The summed E-state index contributed by atoms with van der Waals surface area (Å²) in [6, 6.07) is 12.2. The Bertz CT molecular complexity index is 910. The number of amides is 2. The molecular weight excluding hydrogens is 338 g/mol. The first-order chi connectivity index (χ1) is 11.8. The van der Waals surface area contributed by atoms with Crippen molar-refractivity contribution in [1.82, 2.24) is 0 Å². The van der Waals surface area contributed by atoms with E-state index < -0.39 is 10.0 Å². The van der Waals surface area contributed by atoms with Crippen LogP contribution in [0.5, 0.6) is 0 Å². The second kappa shape index (κ2) is 6.76. The molecule has 1 saturated heterocycles. The van der Waals surface area contributed by atoms with Gasteiger partial charge in [-0.05, 0) is 61.7 Å². The number of aryl methyl sites for hydroxylation is 2. The SMILES string of the molecule is Cc1ccc(NC(=O)Nc2cccc(N3CCCS3(=O)=O)c2)cc1C. The lowest BCUT2D eigenvalue weighted by atomic mass is 10.1. The maximum absolute atomic E-state index is 12.2. The first-order valence-electron chi connectivity index (χ1n) is 8.11. The third kappa shape index (κ3) is 3.93. The lowest BCUT2D eigenvalue weighted by Crippen LogP contribution is -2.25. The Labute approximate surface area is 147 Å². The van der Waals surface area contributed by atoms with E-state index in [0.717, 1.165) is 11.1 Å². The Kier molecular flexibility index (Phi) is 4.67. The first-order valence-corrected chi connectivity index (χ1v) is 9.72. The highest BCUT2D eigenvalue weighted by Crippen LogP contribution is 2.26. The van der Waals surface area contributed by atoms with Crippen molar-refractivity contribution in [3.63, 3.8) is 0 Å².